The van der Waals surface area contributed by atoms with E-state index in [0.29, 0.717) is 35.5 Å². The summed E-state index contributed by atoms with van der Waals surface area (Å²) in [6.45, 7) is 6.00. The Kier molecular flexibility index (Phi) is 6.25. The van der Waals surface area contributed by atoms with Crippen LogP contribution in [-0.4, -0.2) is 45.3 Å². The molecule has 8 heteroatoms. The second-order valence-electron chi connectivity index (χ2n) is 7.99. The average Bonchev–Trinajstić information content (AvgIpc) is 3.40. The molecule has 0 amide bonds. The van der Waals surface area contributed by atoms with E-state index in [2.05, 4.69) is 15.0 Å². The first-order valence-corrected chi connectivity index (χ1v) is 10.6. The number of ether oxygens (including phenoxy) is 1. The summed E-state index contributed by atoms with van der Waals surface area (Å²) in [6.07, 6.45) is 0.736. The highest BCUT2D eigenvalue weighted by atomic mass is 35.5. The lowest BCUT2D eigenvalue weighted by Gasteiger charge is -2.15. The molecule has 1 aliphatic rings. The minimum absolute atomic E-state index is 0.0344. The maximum Gasteiger partial charge on any atom is 0.307 e. The second-order valence-corrected chi connectivity index (χ2v) is 8.40. The van der Waals surface area contributed by atoms with E-state index in [9.17, 15) is 4.79 Å². The summed E-state index contributed by atoms with van der Waals surface area (Å²) >= 11 is 6.31. The van der Waals surface area contributed by atoms with Gasteiger partial charge in [0.1, 0.15) is 5.75 Å². The van der Waals surface area contributed by atoms with Crippen molar-refractivity contribution < 1.29 is 19.2 Å². The standard InChI is InChI=1S/C23H24ClN3O4/c1-14(2)30-20-8-7-17(11-19(20)24)21-25-22(31-26-21)16-5-3-15(4-6-16)12-27-10-9-18(13-27)23(28)29/h3-8,11,14,18H,9-10,12-13H2,1-2H3,(H,28,29)/t18-/m0/s1. The highest BCUT2D eigenvalue weighted by Gasteiger charge is 2.27. The van der Waals surface area contributed by atoms with Crippen LogP contribution in [0.5, 0.6) is 5.75 Å². The molecule has 0 spiro atoms. The molecule has 31 heavy (non-hydrogen) atoms. The summed E-state index contributed by atoms with van der Waals surface area (Å²) in [4.78, 5) is 17.8. The van der Waals surface area contributed by atoms with Gasteiger partial charge >= 0.3 is 5.97 Å². The van der Waals surface area contributed by atoms with Crippen molar-refractivity contribution in [3.8, 4) is 28.6 Å². The fraction of sp³-hybridized carbons (Fsp3) is 0.348. The number of carbonyl (C=O) groups is 1. The van der Waals surface area contributed by atoms with E-state index in [1.807, 2.05) is 44.2 Å². The Balaban J connectivity index is 1.43. The third-order valence-corrected chi connectivity index (χ3v) is 5.50. The van der Waals surface area contributed by atoms with Gasteiger partial charge in [0.15, 0.2) is 0 Å². The average molecular weight is 442 g/mol. The Labute approximate surface area is 185 Å². The number of aromatic nitrogens is 2. The van der Waals surface area contributed by atoms with Crippen LogP contribution >= 0.6 is 11.6 Å². The van der Waals surface area contributed by atoms with Crippen LogP contribution in [-0.2, 0) is 11.3 Å². The van der Waals surface area contributed by atoms with E-state index in [-0.39, 0.29) is 12.0 Å². The number of carboxylic acids is 1. The van der Waals surface area contributed by atoms with Crippen LogP contribution in [0.25, 0.3) is 22.8 Å². The van der Waals surface area contributed by atoms with Crippen LogP contribution in [0.4, 0.5) is 0 Å². The Morgan fingerprint density at radius 3 is 2.65 bits per heavy atom. The fourth-order valence-electron chi connectivity index (χ4n) is 3.64. The second kappa shape index (κ2) is 9.08. The summed E-state index contributed by atoms with van der Waals surface area (Å²) in [5, 5.41) is 13.7. The first-order valence-electron chi connectivity index (χ1n) is 10.2. The normalized spacial score (nSPS) is 16.7. The van der Waals surface area contributed by atoms with Crippen molar-refractivity contribution in [3.05, 3.63) is 53.1 Å². The monoisotopic (exact) mass is 441 g/mol. The number of aliphatic carboxylic acids is 1. The zero-order valence-corrected chi connectivity index (χ0v) is 18.2. The summed E-state index contributed by atoms with van der Waals surface area (Å²) in [7, 11) is 0. The van der Waals surface area contributed by atoms with Crippen molar-refractivity contribution in [2.45, 2.75) is 32.9 Å². The molecule has 0 unspecified atom stereocenters. The number of hydrogen-bond donors (Lipinski definition) is 1. The number of halogens is 1. The summed E-state index contributed by atoms with van der Waals surface area (Å²) < 4.78 is 11.1. The van der Waals surface area contributed by atoms with Crippen LogP contribution in [0.1, 0.15) is 25.8 Å². The molecular formula is C23H24ClN3O4. The SMILES string of the molecule is CC(C)Oc1ccc(-c2noc(-c3ccc(CN4CC[C@H](C(=O)O)C4)cc3)n2)cc1Cl. The van der Waals surface area contributed by atoms with Crippen molar-refractivity contribution in [3.63, 3.8) is 0 Å². The van der Waals surface area contributed by atoms with Crippen LogP contribution in [0, 0.1) is 5.92 Å². The summed E-state index contributed by atoms with van der Waals surface area (Å²) in [5.41, 5.74) is 2.68. The molecule has 4 rings (SSSR count). The van der Waals surface area contributed by atoms with Crippen molar-refractivity contribution in [2.75, 3.05) is 13.1 Å². The van der Waals surface area contributed by atoms with E-state index in [1.54, 1.807) is 12.1 Å². The van der Waals surface area contributed by atoms with Crippen molar-refractivity contribution >= 4 is 17.6 Å². The Hall–Kier alpha value is -2.90. The maximum atomic E-state index is 11.1. The minimum atomic E-state index is -0.714. The molecule has 1 saturated heterocycles. The van der Waals surface area contributed by atoms with E-state index in [4.69, 9.17) is 26.0 Å². The lowest BCUT2D eigenvalue weighted by Crippen LogP contribution is -2.22. The molecule has 7 nitrogen and oxygen atoms in total. The minimum Gasteiger partial charge on any atom is -0.489 e. The molecular weight excluding hydrogens is 418 g/mol. The van der Waals surface area contributed by atoms with Crippen molar-refractivity contribution in [1.29, 1.82) is 0 Å². The molecule has 0 saturated carbocycles. The summed E-state index contributed by atoms with van der Waals surface area (Å²) in [6, 6.07) is 13.3. The number of rotatable bonds is 7. The molecule has 0 bridgehead atoms. The fourth-order valence-corrected chi connectivity index (χ4v) is 3.86. The van der Waals surface area contributed by atoms with Gasteiger partial charge in [-0.2, -0.15) is 4.98 Å². The van der Waals surface area contributed by atoms with Gasteiger partial charge in [-0.15, -0.1) is 0 Å². The van der Waals surface area contributed by atoms with Crippen LogP contribution in [0.2, 0.25) is 5.02 Å². The zero-order valence-electron chi connectivity index (χ0n) is 17.4. The van der Waals surface area contributed by atoms with Gasteiger partial charge in [-0.05, 0) is 62.7 Å². The number of nitrogens with zero attached hydrogens (tertiary/aromatic N) is 3. The first-order chi connectivity index (χ1) is 14.9. The van der Waals surface area contributed by atoms with E-state index < -0.39 is 5.97 Å². The molecule has 1 fully saturated rings. The maximum absolute atomic E-state index is 11.1. The van der Waals surface area contributed by atoms with E-state index >= 15 is 0 Å². The number of benzene rings is 2. The molecule has 1 aromatic heterocycles. The number of carboxylic acid groups (broad SMARTS) is 1. The third kappa shape index (κ3) is 5.06. The molecule has 2 heterocycles. The highest BCUT2D eigenvalue weighted by molar-refractivity contribution is 6.32. The van der Waals surface area contributed by atoms with Crippen LogP contribution in [0.3, 0.4) is 0 Å². The third-order valence-electron chi connectivity index (χ3n) is 5.21. The molecule has 0 radical (unpaired) electrons. The predicted octanol–water partition coefficient (Wildman–Crippen LogP) is 4.75. The zero-order chi connectivity index (χ0) is 22.0. The van der Waals surface area contributed by atoms with Crippen LogP contribution < -0.4 is 4.74 Å². The largest absolute Gasteiger partial charge is 0.489 e. The number of hydrogen-bond acceptors (Lipinski definition) is 6. The topological polar surface area (TPSA) is 88.7 Å². The van der Waals surface area contributed by atoms with E-state index in [1.165, 1.54) is 0 Å². The van der Waals surface area contributed by atoms with Gasteiger partial charge in [0, 0.05) is 24.2 Å². The van der Waals surface area contributed by atoms with Gasteiger partial charge in [0.25, 0.3) is 5.89 Å². The molecule has 0 aliphatic carbocycles. The first kappa shape index (κ1) is 21.3. The van der Waals surface area contributed by atoms with Gasteiger partial charge in [-0.25, -0.2) is 0 Å². The Morgan fingerprint density at radius 2 is 2.00 bits per heavy atom. The van der Waals surface area contributed by atoms with Gasteiger partial charge in [0.2, 0.25) is 5.82 Å². The lowest BCUT2D eigenvalue weighted by atomic mass is 10.1. The smallest absolute Gasteiger partial charge is 0.307 e. The molecule has 1 N–H and O–H groups in total. The van der Waals surface area contributed by atoms with Crippen molar-refractivity contribution in [1.82, 2.24) is 15.0 Å². The van der Waals surface area contributed by atoms with Gasteiger partial charge < -0.3 is 14.4 Å². The van der Waals surface area contributed by atoms with Gasteiger partial charge in [-0.3, -0.25) is 9.69 Å². The van der Waals surface area contributed by atoms with Crippen LogP contribution in [0.15, 0.2) is 47.0 Å². The highest BCUT2D eigenvalue weighted by Crippen LogP contribution is 2.31. The quantitative estimate of drug-likeness (QED) is 0.565. The van der Waals surface area contributed by atoms with E-state index in [0.717, 1.165) is 29.8 Å². The molecule has 3 aromatic rings. The number of likely N-dealkylation sites (tertiary alicyclic amines) is 1. The summed E-state index contributed by atoms with van der Waals surface area (Å²) in [5.74, 6) is 0.512. The van der Waals surface area contributed by atoms with Gasteiger partial charge in [0.05, 0.1) is 17.0 Å². The Bertz CT molecular complexity index is 1060. The lowest BCUT2D eigenvalue weighted by molar-refractivity contribution is -0.141. The Morgan fingerprint density at radius 1 is 1.26 bits per heavy atom. The predicted molar refractivity (Wildman–Crippen MR) is 117 cm³/mol. The van der Waals surface area contributed by atoms with Gasteiger partial charge in [-0.1, -0.05) is 28.9 Å². The molecule has 1 atom stereocenters. The molecule has 1 aliphatic heterocycles. The molecule has 2 aromatic carbocycles. The molecule has 162 valence electrons. The van der Waals surface area contributed by atoms with Crippen molar-refractivity contribution in [2.24, 2.45) is 5.92 Å².